The number of H-pyrrole nitrogens is 1. The summed E-state index contributed by atoms with van der Waals surface area (Å²) in [6, 6.07) is 15.5. The van der Waals surface area contributed by atoms with Gasteiger partial charge in [0.25, 0.3) is 5.91 Å². The van der Waals surface area contributed by atoms with Gasteiger partial charge in [0.05, 0.1) is 11.7 Å². The lowest BCUT2D eigenvalue weighted by Crippen LogP contribution is -2.33. The van der Waals surface area contributed by atoms with Crippen LogP contribution in [0.5, 0.6) is 0 Å². The summed E-state index contributed by atoms with van der Waals surface area (Å²) < 4.78 is 0. The standard InChI is InChI=1S/C20H15ClN2O.C6H13N3O2/c1-12-8-9-22-18(12)11-16-19-15(13-4-2-5-14(21)10-13)6-3-7-17(19)23-20(16)24;7-1-2-8-3-6(11)4-9-5-10/h2-11,22H,1H3,(H,23,24);1-2,5-6,8,11H,3-4,7H2,(H,9,10)/b16-11-;2-1-. The Balaban J connectivity index is 0.000000266. The third-order valence-electron chi connectivity index (χ3n) is 5.25. The zero-order valence-corrected chi connectivity index (χ0v) is 20.0. The van der Waals surface area contributed by atoms with E-state index in [2.05, 4.69) is 20.9 Å². The largest absolute Gasteiger partial charge is 0.403 e. The van der Waals surface area contributed by atoms with Crippen LogP contribution in [0, 0.1) is 6.92 Å². The number of aliphatic hydroxyl groups excluding tert-OH is 1. The van der Waals surface area contributed by atoms with Gasteiger partial charge in [-0.3, -0.25) is 9.59 Å². The highest BCUT2D eigenvalue weighted by Crippen LogP contribution is 2.40. The lowest BCUT2D eigenvalue weighted by atomic mass is 9.94. The Kier molecular flexibility index (Phi) is 9.11. The molecule has 3 aromatic rings. The molecular weight excluding hydrogens is 466 g/mol. The maximum atomic E-state index is 12.5. The zero-order valence-electron chi connectivity index (χ0n) is 19.2. The number of halogens is 1. The fraction of sp³-hybridized carbons (Fsp3) is 0.154. The topological polar surface area (TPSA) is 132 Å². The van der Waals surface area contributed by atoms with Crippen LogP contribution in [0.15, 0.2) is 67.1 Å². The van der Waals surface area contributed by atoms with E-state index in [0.717, 1.165) is 33.6 Å². The molecule has 0 radical (unpaired) electrons. The quantitative estimate of drug-likeness (QED) is 0.212. The van der Waals surface area contributed by atoms with E-state index in [0.29, 0.717) is 23.6 Å². The van der Waals surface area contributed by atoms with E-state index in [9.17, 15) is 9.59 Å². The number of hydrogen-bond acceptors (Lipinski definition) is 5. The normalized spacial score (nSPS) is 14.1. The Hall–Kier alpha value is -4.01. The summed E-state index contributed by atoms with van der Waals surface area (Å²) in [6.45, 7) is 2.63. The number of carbonyl (C=O) groups excluding carboxylic acids is 2. The fourth-order valence-corrected chi connectivity index (χ4v) is 3.76. The molecule has 2 aromatic carbocycles. The van der Waals surface area contributed by atoms with Gasteiger partial charge >= 0.3 is 0 Å². The first kappa shape index (κ1) is 25.6. The number of fused-ring (bicyclic) bond motifs is 1. The number of benzene rings is 2. The van der Waals surface area contributed by atoms with Crippen LogP contribution >= 0.6 is 11.6 Å². The van der Waals surface area contributed by atoms with E-state index < -0.39 is 6.10 Å². The number of carbonyl (C=O) groups is 2. The minimum absolute atomic E-state index is 0.0894. The smallest absolute Gasteiger partial charge is 0.256 e. The molecule has 1 atom stereocenters. The SMILES string of the molecule is Cc1cc[nH]c1/C=C1\C(=O)Nc2cccc(-c3cccc(Cl)c3)c21.N/C=C\NCC(O)CNC=O. The van der Waals surface area contributed by atoms with Crippen molar-refractivity contribution in [1.29, 1.82) is 0 Å². The van der Waals surface area contributed by atoms with E-state index in [1.54, 1.807) is 0 Å². The van der Waals surface area contributed by atoms with Gasteiger partial charge in [-0.1, -0.05) is 35.9 Å². The molecule has 2 heterocycles. The Morgan fingerprint density at radius 2 is 1.91 bits per heavy atom. The molecule has 35 heavy (non-hydrogen) atoms. The number of aliphatic hydroxyl groups is 1. The molecule has 9 heteroatoms. The molecule has 4 rings (SSSR count). The number of nitrogens with one attached hydrogen (secondary N) is 4. The van der Waals surface area contributed by atoms with Crippen molar-refractivity contribution in [2.45, 2.75) is 13.0 Å². The molecule has 7 N–H and O–H groups in total. The molecule has 0 saturated carbocycles. The predicted molar refractivity (Wildman–Crippen MR) is 140 cm³/mol. The molecule has 0 spiro atoms. The lowest BCUT2D eigenvalue weighted by molar-refractivity contribution is -0.111. The van der Waals surface area contributed by atoms with Crippen molar-refractivity contribution in [1.82, 2.24) is 15.6 Å². The number of nitrogens with two attached hydrogens (primary N) is 1. The Labute approximate surface area is 208 Å². The molecule has 0 fully saturated rings. The maximum absolute atomic E-state index is 12.5. The predicted octanol–water partition coefficient (Wildman–Crippen LogP) is 3.25. The van der Waals surface area contributed by atoms with Crippen LogP contribution in [-0.4, -0.2) is 41.6 Å². The summed E-state index contributed by atoms with van der Waals surface area (Å²) >= 11 is 6.14. The molecule has 1 aromatic heterocycles. The average Bonchev–Trinajstić information content (AvgIpc) is 3.40. The summed E-state index contributed by atoms with van der Waals surface area (Å²) in [6.07, 6.45) is 6.59. The molecule has 0 aliphatic carbocycles. The molecular formula is C26H28ClN5O3. The summed E-state index contributed by atoms with van der Waals surface area (Å²) in [5.41, 5.74) is 11.4. The van der Waals surface area contributed by atoms with Gasteiger partial charge in [-0.2, -0.15) is 0 Å². The van der Waals surface area contributed by atoms with Crippen LogP contribution in [0.3, 0.4) is 0 Å². The first-order valence-corrected chi connectivity index (χ1v) is 11.3. The third-order valence-corrected chi connectivity index (χ3v) is 5.49. The van der Waals surface area contributed by atoms with Crippen LogP contribution in [-0.2, 0) is 9.59 Å². The van der Waals surface area contributed by atoms with E-state index in [1.165, 1.54) is 12.4 Å². The summed E-state index contributed by atoms with van der Waals surface area (Å²) in [5, 5.41) is 17.8. The summed E-state index contributed by atoms with van der Waals surface area (Å²) in [5.74, 6) is -0.0894. The van der Waals surface area contributed by atoms with Crippen molar-refractivity contribution in [3.05, 3.63) is 89.0 Å². The highest BCUT2D eigenvalue weighted by atomic mass is 35.5. The number of hydrogen-bond donors (Lipinski definition) is 6. The Bertz CT molecular complexity index is 1240. The van der Waals surface area contributed by atoms with E-state index >= 15 is 0 Å². The average molecular weight is 494 g/mol. The van der Waals surface area contributed by atoms with E-state index in [4.69, 9.17) is 22.4 Å². The van der Waals surface area contributed by atoms with Gasteiger partial charge in [-0.25, -0.2) is 0 Å². The van der Waals surface area contributed by atoms with E-state index in [1.807, 2.05) is 67.7 Å². The van der Waals surface area contributed by atoms with Crippen LogP contribution in [0.1, 0.15) is 16.8 Å². The summed E-state index contributed by atoms with van der Waals surface area (Å²) in [7, 11) is 0. The highest BCUT2D eigenvalue weighted by Gasteiger charge is 2.27. The number of aromatic amines is 1. The van der Waals surface area contributed by atoms with Gasteiger partial charge in [0.15, 0.2) is 0 Å². The van der Waals surface area contributed by atoms with Crippen LogP contribution < -0.4 is 21.7 Å². The molecule has 8 nitrogen and oxygen atoms in total. The van der Waals surface area contributed by atoms with Crippen LogP contribution in [0.4, 0.5) is 5.69 Å². The molecule has 1 unspecified atom stereocenters. The van der Waals surface area contributed by atoms with E-state index in [-0.39, 0.29) is 12.5 Å². The van der Waals surface area contributed by atoms with Gasteiger partial charge < -0.3 is 31.8 Å². The van der Waals surface area contributed by atoms with Crippen molar-refractivity contribution in [2.75, 3.05) is 18.4 Å². The molecule has 2 amide bonds. The van der Waals surface area contributed by atoms with Crippen LogP contribution in [0.25, 0.3) is 22.8 Å². The lowest BCUT2D eigenvalue weighted by Gasteiger charge is -2.09. The second-order valence-corrected chi connectivity index (χ2v) is 8.21. The van der Waals surface area contributed by atoms with Gasteiger partial charge in [0, 0.05) is 53.7 Å². The van der Waals surface area contributed by atoms with Crippen molar-refractivity contribution < 1.29 is 14.7 Å². The number of rotatable bonds is 8. The van der Waals surface area contributed by atoms with Crippen molar-refractivity contribution in [3.63, 3.8) is 0 Å². The van der Waals surface area contributed by atoms with Crippen molar-refractivity contribution >= 4 is 41.3 Å². The minimum atomic E-state index is -0.587. The first-order valence-electron chi connectivity index (χ1n) is 11.0. The number of amides is 2. The second kappa shape index (κ2) is 12.5. The molecule has 0 saturated heterocycles. The summed E-state index contributed by atoms with van der Waals surface area (Å²) in [4.78, 5) is 25.4. The van der Waals surface area contributed by atoms with Gasteiger partial charge in [0.1, 0.15) is 0 Å². The van der Waals surface area contributed by atoms with Crippen molar-refractivity contribution in [3.8, 4) is 11.1 Å². The van der Waals surface area contributed by atoms with Gasteiger partial charge in [-0.05, 0) is 54.0 Å². The number of aryl methyl sites for hydroxylation is 1. The van der Waals surface area contributed by atoms with Gasteiger partial charge in [0.2, 0.25) is 6.41 Å². The van der Waals surface area contributed by atoms with Gasteiger partial charge in [-0.15, -0.1) is 0 Å². The molecule has 0 bridgehead atoms. The molecule has 1 aliphatic heterocycles. The first-order chi connectivity index (χ1) is 16.9. The fourth-order valence-electron chi connectivity index (χ4n) is 3.57. The second-order valence-electron chi connectivity index (χ2n) is 7.77. The molecule has 1 aliphatic rings. The monoisotopic (exact) mass is 493 g/mol. The van der Waals surface area contributed by atoms with Crippen LogP contribution in [0.2, 0.25) is 5.02 Å². The highest BCUT2D eigenvalue weighted by molar-refractivity contribution is 6.36. The Morgan fingerprint density at radius 3 is 2.60 bits per heavy atom. The number of aromatic nitrogens is 1. The zero-order chi connectivity index (χ0) is 25.2. The molecule has 182 valence electrons. The maximum Gasteiger partial charge on any atom is 0.256 e. The third kappa shape index (κ3) is 6.75. The number of anilines is 1. The van der Waals surface area contributed by atoms with Crippen molar-refractivity contribution in [2.24, 2.45) is 5.73 Å². The Morgan fingerprint density at radius 1 is 1.14 bits per heavy atom. The minimum Gasteiger partial charge on any atom is -0.403 e.